The normalized spacial score (nSPS) is 17.7. The third-order valence-electron chi connectivity index (χ3n) is 5.83. The summed E-state index contributed by atoms with van der Waals surface area (Å²) in [5.74, 6) is 0. The summed E-state index contributed by atoms with van der Waals surface area (Å²) in [5.41, 5.74) is 4.93. The van der Waals surface area contributed by atoms with Crippen molar-refractivity contribution in [3.05, 3.63) is 118 Å². The molecule has 2 atom stereocenters. The van der Waals surface area contributed by atoms with Crippen LogP contribution >= 0.6 is 12.2 Å². The minimum atomic E-state index is -0.393. The molecule has 1 N–H and O–H groups in total. The third-order valence-corrected chi connectivity index (χ3v) is 6.15. The van der Waals surface area contributed by atoms with Crippen LogP contribution in [0.4, 0.5) is 11.4 Å². The molecule has 0 spiro atoms. The minimum absolute atomic E-state index is 0.0591. The van der Waals surface area contributed by atoms with Crippen molar-refractivity contribution in [3.8, 4) is 5.69 Å². The molecule has 0 saturated carbocycles. The first-order valence-corrected chi connectivity index (χ1v) is 10.9. The number of nitro benzene ring substituents is 1. The van der Waals surface area contributed by atoms with E-state index < -0.39 is 4.92 Å². The number of non-ortho nitro benzene ring substituents is 1. The predicted octanol–water partition coefficient (Wildman–Crippen LogP) is 5.27. The molecule has 1 saturated heterocycles. The molecule has 2 aromatic heterocycles. The van der Waals surface area contributed by atoms with Crippen LogP contribution in [0.2, 0.25) is 0 Å². The van der Waals surface area contributed by atoms with Gasteiger partial charge < -0.3 is 14.8 Å². The molecule has 0 radical (unpaired) electrons. The standard InChI is InChI=1S/C25H21N5O2S/c1-17-7-9-19(10-8-17)29-24(23(27-25(29)33)21-5-2-3-15-26-21)22-6-4-16-28(22)18-11-13-20(14-12-18)30(31)32/h2-16,23-24H,1H3,(H,27,33). The summed E-state index contributed by atoms with van der Waals surface area (Å²) in [6.07, 6.45) is 3.74. The number of hydrogen-bond donors (Lipinski definition) is 1. The van der Waals surface area contributed by atoms with Gasteiger partial charge in [0.1, 0.15) is 6.04 Å². The van der Waals surface area contributed by atoms with Crippen molar-refractivity contribution >= 4 is 28.7 Å². The molecular weight excluding hydrogens is 434 g/mol. The van der Waals surface area contributed by atoms with Crippen molar-refractivity contribution in [3.63, 3.8) is 0 Å². The SMILES string of the molecule is Cc1ccc(N2C(=S)NC(c3ccccn3)C2c2cccn2-c2ccc([N+](=O)[O-])cc2)cc1. The second-order valence-corrected chi connectivity index (χ2v) is 8.30. The van der Waals surface area contributed by atoms with Crippen molar-refractivity contribution in [2.24, 2.45) is 0 Å². The molecule has 33 heavy (non-hydrogen) atoms. The number of benzene rings is 2. The highest BCUT2D eigenvalue weighted by atomic mass is 32.1. The highest BCUT2D eigenvalue weighted by Gasteiger charge is 2.42. The van der Waals surface area contributed by atoms with Crippen LogP contribution in [0.5, 0.6) is 0 Å². The van der Waals surface area contributed by atoms with Crippen LogP contribution in [0, 0.1) is 17.0 Å². The van der Waals surface area contributed by atoms with Gasteiger partial charge in [0.25, 0.3) is 5.69 Å². The lowest BCUT2D eigenvalue weighted by Crippen LogP contribution is -2.30. The van der Waals surface area contributed by atoms with E-state index in [0.717, 1.165) is 22.8 Å². The molecule has 8 heteroatoms. The Morgan fingerprint density at radius 1 is 0.970 bits per heavy atom. The van der Waals surface area contributed by atoms with Gasteiger partial charge >= 0.3 is 0 Å². The van der Waals surface area contributed by atoms with Gasteiger partial charge in [0.2, 0.25) is 0 Å². The Balaban J connectivity index is 1.63. The van der Waals surface area contributed by atoms with Crippen LogP contribution in [-0.2, 0) is 0 Å². The van der Waals surface area contributed by atoms with Crippen LogP contribution in [0.1, 0.15) is 29.0 Å². The average Bonchev–Trinajstić information content (AvgIpc) is 3.44. The first kappa shape index (κ1) is 20.8. The number of pyridine rings is 1. The number of anilines is 1. The van der Waals surface area contributed by atoms with Crippen molar-refractivity contribution in [2.45, 2.75) is 19.0 Å². The lowest BCUT2D eigenvalue weighted by Gasteiger charge is -2.29. The first-order valence-electron chi connectivity index (χ1n) is 10.5. The number of aromatic nitrogens is 2. The molecule has 7 nitrogen and oxygen atoms in total. The average molecular weight is 456 g/mol. The Bertz CT molecular complexity index is 1300. The fourth-order valence-electron chi connectivity index (χ4n) is 4.24. The summed E-state index contributed by atoms with van der Waals surface area (Å²) >= 11 is 5.79. The molecule has 1 fully saturated rings. The van der Waals surface area contributed by atoms with Crippen molar-refractivity contribution in [1.29, 1.82) is 0 Å². The fourth-order valence-corrected chi connectivity index (χ4v) is 4.59. The van der Waals surface area contributed by atoms with E-state index in [9.17, 15) is 10.1 Å². The topological polar surface area (TPSA) is 76.2 Å². The number of hydrogen-bond acceptors (Lipinski definition) is 4. The maximum atomic E-state index is 11.1. The van der Waals surface area contributed by atoms with Gasteiger partial charge in [-0.2, -0.15) is 0 Å². The van der Waals surface area contributed by atoms with Crippen LogP contribution in [0.25, 0.3) is 5.69 Å². The summed E-state index contributed by atoms with van der Waals surface area (Å²) < 4.78 is 2.04. The van der Waals surface area contributed by atoms with Crippen LogP contribution < -0.4 is 10.2 Å². The molecule has 2 unspecified atom stereocenters. The number of aryl methyl sites for hydroxylation is 1. The Hall–Kier alpha value is -4.04. The summed E-state index contributed by atoms with van der Waals surface area (Å²) in [5, 5.41) is 15.2. The van der Waals surface area contributed by atoms with E-state index in [-0.39, 0.29) is 17.8 Å². The summed E-state index contributed by atoms with van der Waals surface area (Å²) in [7, 11) is 0. The molecule has 0 aliphatic carbocycles. The zero-order valence-electron chi connectivity index (χ0n) is 17.8. The molecular formula is C25H21N5O2S. The maximum Gasteiger partial charge on any atom is 0.269 e. The molecule has 1 aliphatic rings. The molecule has 4 aromatic rings. The van der Waals surface area contributed by atoms with E-state index >= 15 is 0 Å². The van der Waals surface area contributed by atoms with Gasteiger partial charge in [-0.3, -0.25) is 15.1 Å². The van der Waals surface area contributed by atoms with Gasteiger partial charge in [0.05, 0.1) is 16.7 Å². The van der Waals surface area contributed by atoms with Crippen LogP contribution in [0.15, 0.2) is 91.3 Å². The second-order valence-electron chi connectivity index (χ2n) is 7.91. The van der Waals surface area contributed by atoms with Gasteiger partial charge in [-0.05, 0) is 67.7 Å². The smallest absolute Gasteiger partial charge is 0.269 e. The molecule has 0 amide bonds. The summed E-state index contributed by atoms with van der Waals surface area (Å²) in [6.45, 7) is 2.05. The van der Waals surface area contributed by atoms with Crippen LogP contribution in [-0.4, -0.2) is 19.6 Å². The van der Waals surface area contributed by atoms with Gasteiger partial charge in [-0.1, -0.05) is 23.8 Å². The molecule has 5 rings (SSSR count). The maximum absolute atomic E-state index is 11.1. The van der Waals surface area contributed by atoms with Crippen LogP contribution in [0.3, 0.4) is 0 Å². The number of nitrogens with zero attached hydrogens (tertiary/aromatic N) is 4. The van der Waals surface area contributed by atoms with E-state index in [2.05, 4.69) is 52.5 Å². The van der Waals surface area contributed by atoms with Gasteiger partial charge in [0.15, 0.2) is 5.11 Å². The summed E-state index contributed by atoms with van der Waals surface area (Å²) in [4.78, 5) is 17.4. The fraction of sp³-hybridized carbons (Fsp3) is 0.120. The Kier molecular flexibility index (Phi) is 5.35. The summed E-state index contributed by atoms with van der Waals surface area (Å²) in [6, 6.07) is 24.3. The van der Waals surface area contributed by atoms with Gasteiger partial charge in [-0.15, -0.1) is 0 Å². The van der Waals surface area contributed by atoms with E-state index in [1.165, 1.54) is 17.7 Å². The lowest BCUT2D eigenvalue weighted by atomic mass is 10.0. The second kappa shape index (κ2) is 8.48. The zero-order chi connectivity index (χ0) is 22.9. The molecule has 2 aromatic carbocycles. The number of thiocarbonyl (C=S) groups is 1. The number of rotatable bonds is 5. The highest BCUT2D eigenvalue weighted by molar-refractivity contribution is 7.80. The monoisotopic (exact) mass is 455 g/mol. The van der Waals surface area contributed by atoms with Crippen molar-refractivity contribution in [1.82, 2.24) is 14.9 Å². The van der Waals surface area contributed by atoms with Crippen molar-refractivity contribution < 1.29 is 4.92 Å². The largest absolute Gasteiger partial charge is 0.351 e. The van der Waals surface area contributed by atoms with Gasteiger partial charge in [-0.25, -0.2) is 0 Å². The number of nitro groups is 1. The Morgan fingerprint density at radius 2 is 1.70 bits per heavy atom. The number of nitrogens with one attached hydrogen (secondary N) is 1. The zero-order valence-corrected chi connectivity index (χ0v) is 18.6. The Morgan fingerprint density at radius 3 is 2.36 bits per heavy atom. The van der Waals surface area contributed by atoms with E-state index in [0.29, 0.717) is 5.11 Å². The highest BCUT2D eigenvalue weighted by Crippen LogP contribution is 2.42. The predicted molar refractivity (Wildman–Crippen MR) is 132 cm³/mol. The first-order chi connectivity index (χ1) is 16.0. The third kappa shape index (κ3) is 3.85. The van der Waals surface area contributed by atoms with E-state index in [1.54, 1.807) is 18.3 Å². The molecule has 1 aliphatic heterocycles. The van der Waals surface area contributed by atoms with Crippen molar-refractivity contribution in [2.75, 3.05) is 4.90 Å². The van der Waals surface area contributed by atoms with E-state index in [1.807, 2.05) is 35.0 Å². The lowest BCUT2D eigenvalue weighted by molar-refractivity contribution is -0.384. The molecule has 164 valence electrons. The Labute approximate surface area is 196 Å². The molecule has 0 bridgehead atoms. The molecule has 3 heterocycles. The quantitative estimate of drug-likeness (QED) is 0.251. The van der Waals surface area contributed by atoms with Gasteiger partial charge in [0, 0.05) is 41.6 Å². The van der Waals surface area contributed by atoms with E-state index in [4.69, 9.17) is 12.2 Å². The minimum Gasteiger partial charge on any atom is -0.351 e.